The van der Waals surface area contributed by atoms with Gasteiger partial charge in [-0.2, -0.15) is 5.10 Å². The summed E-state index contributed by atoms with van der Waals surface area (Å²) in [5.74, 6) is 0.00611. The Morgan fingerprint density at radius 2 is 2.33 bits per heavy atom. The maximum atomic E-state index is 12.0. The number of benzene rings is 1. The van der Waals surface area contributed by atoms with Crippen LogP contribution in [0.4, 0.5) is 5.69 Å². The number of aromatic nitrogens is 2. The van der Waals surface area contributed by atoms with Gasteiger partial charge >= 0.3 is 0 Å². The van der Waals surface area contributed by atoms with Crippen LogP contribution < -0.4 is 11.1 Å². The lowest BCUT2D eigenvalue weighted by atomic mass is 9.99. The topological polar surface area (TPSA) is 83.8 Å². The Balaban J connectivity index is 2.19. The van der Waals surface area contributed by atoms with Crippen LogP contribution in [0.1, 0.15) is 20.3 Å². The predicted octanol–water partition coefficient (Wildman–Crippen LogP) is 1.87. The zero-order chi connectivity index (χ0) is 13.1. The lowest BCUT2D eigenvalue weighted by molar-refractivity contribution is -0.118. The number of hydrogen-bond acceptors (Lipinski definition) is 3. The van der Waals surface area contributed by atoms with Crippen molar-refractivity contribution >= 4 is 22.5 Å². The summed E-state index contributed by atoms with van der Waals surface area (Å²) in [5, 5.41) is 10.6. The lowest BCUT2D eigenvalue weighted by Gasteiger charge is -2.17. The molecule has 1 heterocycles. The maximum absolute atomic E-state index is 12.0. The number of carbonyl (C=O) groups is 1. The zero-order valence-electron chi connectivity index (χ0n) is 10.6. The molecule has 0 aliphatic heterocycles. The minimum atomic E-state index is -0.489. The maximum Gasteiger partial charge on any atom is 0.241 e. The largest absolute Gasteiger partial charge is 0.324 e. The molecule has 1 amide bonds. The number of carbonyl (C=O) groups excluding carboxylic acids is 1. The number of aromatic amines is 1. The molecule has 5 heteroatoms. The third-order valence-electron chi connectivity index (χ3n) is 3.30. The lowest BCUT2D eigenvalue weighted by Crippen LogP contribution is -2.40. The monoisotopic (exact) mass is 246 g/mol. The summed E-state index contributed by atoms with van der Waals surface area (Å²) in [6.45, 7) is 4.00. The van der Waals surface area contributed by atoms with Crippen molar-refractivity contribution < 1.29 is 4.79 Å². The zero-order valence-corrected chi connectivity index (χ0v) is 10.6. The molecule has 0 aliphatic carbocycles. The average molecular weight is 246 g/mol. The molecule has 0 saturated carbocycles. The number of nitrogens with two attached hydrogens (primary N) is 1. The first kappa shape index (κ1) is 12.6. The molecule has 1 aromatic heterocycles. The first-order valence-electron chi connectivity index (χ1n) is 6.12. The van der Waals surface area contributed by atoms with Gasteiger partial charge in [0, 0.05) is 5.39 Å². The first-order chi connectivity index (χ1) is 8.63. The van der Waals surface area contributed by atoms with Crippen molar-refractivity contribution in [3.05, 3.63) is 24.4 Å². The summed E-state index contributed by atoms with van der Waals surface area (Å²) >= 11 is 0. The van der Waals surface area contributed by atoms with E-state index in [1.54, 1.807) is 6.20 Å². The number of fused-ring (bicyclic) bond motifs is 1. The normalized spacial score (nSPS) is 14.4. The molecule has 4 N–H and O–H groups in total. The Bertz CT molecular complexity index is 549. The van der Waals surface area contributed by atoms with Crippen LogP contribution in [0.25, 0.3) is 10.9 Å². The third kappa shape index (κ3) is 2.36. The number of rotatable bonds is 4. The average Bonchev–Trinajstić information content (AvgIpc) is 2.86. The number of H-pyrrole nitrogens is 1. The van der Waals surface area contributed by atoms with Gasteiger partial charge in [-0.25, -0.2) is 0 Å². The Labute approximate surface area is 106 Å². The molecule has 18 heavy (non-hydrogen) atoms. The van der Waals surface area contributed by atoms with Crippen LogP contribution in [-0.2, 0) is 4.79 Å². The van der Waals surface area contributed by atoms with E-state index < -0.39 is 6.04 Å². The molecular weight excluding hydrogens is 228 g/mol. The highest BCUT2D eigenvalue weighted by molar-refractivity contribution is 6.02. The highest BCUT2D eigenvalue weighted by Gasteiger charge is 2.20. The highest BCUT2D eigenvalue weighted by atomic mass is 16.2. The molecule has 2 unspecified atom stereocenters. The molecule has 1 aromatic carbocycles. The van der Waals surface area contributed by atoms with Gasteiger partial charge in [0.05, 0.1) is 23.4 Å². The van der Waals surface area contributed by atoms with E-state index in [4.69, 9.17) is 5.73 Å². The van der Waals surface area contributed by atoms with Gasteiger partial charge < -0.3 is 11.1 Å². The van der Waals surface area contributed by atoms with Crippen molar-refractivity contribution in [2.24, 2.45) is 11.7 Å². The fraction of sp³-hybridized carbons (Fsp3) is 0.385. The molecule has 0 saturated heterocycles. The van der Waals surface area contributed by atoms with Gasteiger partial charge in [0.25, 0.3) is 0 Å². The van der Waals surface area contributed by atoms with Gasteiger partial charge in [0.2, 0.25) is 5.91 Å². The van der Waals surface area contributed by atoms with Gasteiger partial charge in [-0.15, -0.1) is 0 Å². The first-order valence-corrected chi connectivity index (χ1v) is 6.12. The number of nitrogens with one attached hydrogen (secondary N) is 2. The van der Waals surface area contributed by atoms with Crippen molar-refractivity contribution in [1.82, 2.24) is 10.2 Å². The van der Waals surface area contributed by atoms with E-state index >= 15 is 0 Å². The highest BCUT2D eigenvalue weighted by Crippen LogP contribution is 2.21. The third-order valence-corrected chi connectivity index (χ3v) is 3.30. The number of amides is 1. The van der Waals surface area contributed by atoms with Gasteiger partial charge in [-0.1, -0.05) is 26.3 Å². The van der Waals surface area contributed by atoms with Crippen molar-refractivity contribution in [3.8, 4) is 0 Å². The molecule has 2 atom stereocenters. The Morgan fingerprint density at radius 3 is 3.06 bits per heavy atom. The van der Waals surface area contributed by atoms with Gasteiger partial charge in [-0.05, 0) is 18.1 Å². The van der Waals surface area contributed by atoms with E-state index in [1.165, 1.54) is 0 Å². The summed E-state index contributed by atoms with van der Waals surface area (Å²) < 4.78 is 0. The fourth-order valence-corrected chi connectivity index (χ4v) is 1.81. The summed E-state index contributed by atoms with van der Waals surface area (Å²) in [7, 11) is 0. The van der Waals surface area contributed by atoms with Gasteiger partial charge in [0.1, 0.15) is 0 Å². The van der Waals surface area contributed by atoms with Crippen molar-refractivity contribution in [2.45, 2.75) is 26.3 Å². The number of hydrogen-bond donors (Lipinski definition) is 3. The van der Waals surface area contributed by atoms with E-state index in [-0.39, 0.29) is 11.8 Å². The molecule has 96 valence electrons. The summed E-state index contributed by atoms with van der Waals surface area (Å²) in [4.78, 5) is 12.0. The van der Waals surface area contributed by atoms with E-state index in [0.29, 0.717) is 0 Å². The van der Waals surface area contributed by atoms with Crippen molar-refractivity contribution in [2.75, 3.05) is 5.32 Å². The minimum absolute atomic E-state index is 0.155. The van der Waals surface area contributed by atoms with Crippen molar-refractivity contribution in [3.63, 3.8) is 0 Å². The molecule has 5 nitrogen and oxygen atoms in total. The second-order valence-electron chi connectivity index (χ2n) is 4.54. The van der Waals surface area contributed by atoms with E-state index in [0.717, 1.165) is 23.0 Å². The van der Waals surface area contributed by atoms with Crippen LogP contribution in [0.15, 0.2) is 24.4 Å². The second-order valence-corrected chi connectivity index (χ2v) is 4.54. The summed E-state index contributed by atoms with van der Waals surface area (Å²) in [6, 6.07) is 5.13. The minimum Gasteiger partial charge on any atom is -0.324 e. The molecule has 2 rings (SSSR count). The molecular formula is C13H18N4O. The summed E-state index contributed by atoms with van der Waals surface area (Å²) in [6.07, 6.45) is 2.57. The molecule has 2 aromatic rings. The van der Waals surface area contributed by atoms with E-state index in [2.05, 4.69) is 15.5 Å². The Hall–Kier alpha value is -1.88. The van der Waals surface area contributed by atoms with Crippen LogP contribution in [-0.4, -0.2) is 22.1 Å². The van der Waals surface area contributed by atoms with Crippen LogP contribution in [0.2, 0.25) is 0 Å². The molecule has 0 fully saturated rings. The number of nitrogens with zero attached hydrogens (tertiary/aromatic N) is 1. The predicted molar refractivity (Wildman–Crippen MR) is 72.2 cm³/mol. The SMILES string of the molecule is CCC(C)C(N)C(=O)Nc1cccc2[nH]ncc12. The van der Waals surface area contributed by atoms with Gasteiger partial charge in [-0.3, -0.25) is 9.89 Å². The molecule has 0 bridgehead atoms. The standard InChI is InChI=1S/C13H18N4O/c1-3-8(2)12(14)13(18)16-10-5-4-6-11-9(10)7-15-17-11/h4-8,12H,3,14H2,1-2H3,(H,15,17)(H,16,18). The van der Waals surface area contributed by atoms with E-state index in [1.807, 2.05) is 32.0 Å². The fourth-order valence-electron chi connectivity index (χ4n) is 1.81. The molecule has 0 radical (unpaired) electrons. The second kappa shape index (κ2) is 5.18. The summed E-state index contributed by atoms with van der Waals surface area (Å²) in [5.41, 5.74) is 7.54. The van der Waals surface area contributed by atoms with Crippen LogP contribution in [0.5, 0.6) is 0 Å². The Kier molecular flexibility index (Phi) is 3.62. The van der Waals surface area contributed by atoms with Crippen LogP contribution in [0, 0.1) is 5.92 Å². The smallest absolute Gasteiger partial charge is 0.241 e. The Morgan fingerprint density at radius 1 is 1.56 bits per heavy atom. The number of anilines is 1. The molecule has 0 aliphatic rings. The molecule has 0 spiro atoms. The van der Waals surface area contributed by atoms with Crippen molar-refractivity contribution in [1.29, 1.82) is 0 Å². The van der Waals surface area contributed by atoms with Gasteiger partial charge in [0.15, 0.2) is 0 Å². The van der Waals surface area contributed by atoms with Crippen LogP contribution >= 0.6 is 0 Å². The quantitative estimate of drug-likeness (QED) is 0.770. The van der Waals surface area contributed by atoms with E-state index in [9.17, 15) is 4.79 Å². The van der Waals surface area contributed by atoms with Crippen LogP contribution in [0.3, 0.4) is 0 Å².